The summed E-state index contributed by atoms with van der Waals surface area (Å²) in [7, 11) is 4.11. The molecule has 0 aromatic heterocycles. The van der Waals surface area contributed by atoms with Gasteiger partial charge < -0.3 is 20.8 Å². The molecule has 0 spiro atoms. The first-order chi connectivity index (χ1) is 7.95. The summed E-state index contributed by atoms with van der Waals surface area (Å²) in [5.41, 5.74) is 5.11. The second kappa shape index (κ2) is 14.1. The lowest BCUT2D eigenvalue weighted by molar-refractivity contribution is -0.137. The lowest BCUT2D eigenvalue weighted by Crippen LogP contribution is -2.32. The summed E-state index contributed by atoms with van der Waals surface area (Å²) in [5.74, 6) is 1.54. The third-order valence-electron chi connectivity index (χ3n) is 1.58. The number of hydrogen-bond donors (Lipinski definition) is 3. The van der Waals surface area contributed by atoms with Crippen LogP contribution in [0.4, 0.5) is 0 Å². The van der Waals surface area contributed by atoms with Crippen molar-refractivity contribution in [3.8, 4) is 0 Å². The summed E-state index contributed by atoms with van der Waals surface area (Å²) in [6.07, 6.45) is 1.82. The Labute approximate surface area is 112 Å². The molecule has 0 aliphatic rings. The molecule has 0 aliphatic carbocycles. The highest BCUT2D eigenvalue weighted by molar-refractivity contribution is 7.99. The highest BCUT2D eigenvalue weighted by Crippen LogP contribution is 1.97. The molecule has 0 aromatic carbocycles. The van der Waals surface area contributed by atoms with Gasteiger partial charge in [-0.05, 0) is 20.4 Å². The van der Waals surface area contributed by atoms with Crippen LogP contribution in [0.1, 0.15) is 0 Å². The van der Waals surface area contributed by atoms with Crippen molar-refractivity contribution in [2.45, 2.75) is 6.04 Å². The smallest absolute Gasteiger partial charge is 0.321 e. The number of carboxylic acid groups (broad SMARTS) is 1. The molecule has 0 aliphatic heterocycles. The van der Waals surface area contributed by atoms with Gasteiger partial charge in [0, 0.05) is 23.8 Å². The molecular formula is C10H24N2O3S2. The van der Waals surface area contributed by atoms with Crippen molar-refractivity contribution in [3.05, 3.63) is 0 Å². The quantitative estimate of drug-likeness (QED) is 0.542. The van der Waals surface area contributed by atoms with Crippen molar-refractivity contribution in [3.63, 3.8) is 0 Å². The standard InChI is InChI=1S/C6H15NOS.C4H9NO2S/c1-7(2)3-5-9-6-4-8;1-8-2-3(5)4(6)7/h8H,3-6H2,1-2H3;3H,2,5H2,1H3,(H,6,7). The molecular weight excluding hydrogens is 260 g/mol. The molecule has 5 nitrogen and oxygen atoms in total. The number of carboxylic acids is 1. The molecule has 0 heterocycles. The molecule has 0 saturated heterocycles. The van der Waals surface area contributed by atoms with E-state index in [1.165, 1.54) is 11.8 Å². The van der Waals surface area contributed by atoms with Crippen molar-refractivity contribution < 1.29 is 15.0 Å². The van der Waals surface area contributed by atoms with Gasteiger partial charge in [-0.1, -0.05) is 0 Å². The minimum absolute atomic E-state index is 0.304. The zero-order chi connectivity index (χ0) is 13.7. The molecule has 4 N–H and O–H groups in total. The monoisotopic (exact) mass is 284 g/mol. The van der Waals surface area contributed by atoms with Gasteiger partial charge in [-0.25, -0.2) is 0 Å². The van der Waals surface area contributed by atoms with Crippen molar-refractivity contribution in [1.29, 1.82) is 0 Å². The van der Waals surface area contributed by atoms with Gasteiger partial charge in [-0.15, -0.1) is 0 Å². The summed E-state index contributed by atoms with van der Waals surface area (Å²) in [4.78, 5) is 12.1. The van der Waals surface area contributed by atoms with Gasteiger partial charge in [0.1, 0.15) is 6.04 Å². The average molecular weight is 284 g/mol. The number of aliphatic hydroxyl groups excluding tert-OH is 1. The number of carbonyl (C=O) groups is 1. The molecule has 104 valence electrons. The Morgan fingerprint density at radius 1 is 1.41 bits per heavy atom. The minimum Gasteiger partial charge on any atom is -0.480 e. The summed E-state index contributed by atoms with van der Waals surface area (Å²) >= 11 is 3.22. The Bertz CT molecular complexity index is 183. The van der Waals surface area contributed by atoms with Crippen LogP contribution in [0.3, 0.4) is 0 Å². The fraction of sp³-hybridized carbons (Fsp3) is 0.900. The summed E-state index contributed by atoms with van der Waals surface area (Å²) in [6.45, 7) is 1.41. The highest BCUT2D eigenvalue weighted by Gasteiger charge is 2.08. The second-order valence-electron chi connectivity index (χ2n) is 3.54. The van der Waals surface area contributed by atoms with Crippen LogP contribution in [0, 0.1) is 0 Å². The van der Waals surface area contributed by atoms with Crippen molar-refractivity contribution in [1.82, 2.24) is 4.90 Å². The molecule has 0 radical (unpaired) electrons. The van der Waals surface area contributed by atoms with Crippen LogP contribution < -0.4 is 5.73 Å². The largest absolute Gasteiger partial charge is 0.480 e. The predicted octanol–water partition coefficient (Wildman–Crippen LogP) is 0.0348. The van der Waals surface area contributed by atoms with Crippen LogP contribution in [0.2, 0.25) is 0 Å². The first-order valence-electron chi connectivity index (χ1n) is 5.26. The van der Waals surface area contributed by atoms with Gasteiger partial charge in [0.05, 0.1) is 6.61 Å². The van der Waals surface area contributed by atoms with E-state index < -0.39 is 12.0 Å². The second-order valence-corrected chi connectivity index (χ2v) is 5.67. The van der Waals surface area contributed by atoms with Crippen LogP contribution in [0.25, 0.3) is 0 Å². The molecule has 0 amide bonds. The minimum atomic E-state index is -0.931. The molecule has 0 fully saturated rings. The van der Waals surface area contributed by atoms with E-state index in [0.717, 1.165) is 18.1 Å². The SMILES string of the molecule is CN(C)CCSCCO.CSCC(N)C(=O)O. The molecule has 17 heavy (non-hydrogen) atoms. The number of aliphatic hydroxyl groups is 1. The first-order valence-corrected chi connectivity index (χ1v) is 7.81. The maximum atomic E-state index is 9.95. The van der Waals surface area contributed by atoms with E-state index in [4.69, 9.17) is 15.9 Å². The fourth-order valence-corrected chi connectivity index (χ4v) is 1.99. The molecule has 0 saturated carbocycles. The van der Waals surface area contributed by atoms with Gasteiger partial charge in [0.25, 0.3) is 0 Å². The van der Waals surface area contributed by atoms with Crippen LogP contribution in [-0.4, -0.2) is 77.9 Å². The van der Waals surface area contributed by atoms with E-state index in [9.17, 15) is 4.79 Å². The fourth-order valence-electron chi connectivity index (χ4n) is 0.665. The van der Waals surface area contributed by atoms with Gasteiger partial charge in [-0.3, -0.25) is 4.79 Å². The van der Waals surface area contributed by atoms with E-state index >= 15 is 0 Å². The molecule has 0 aromatic rings. The van der Waals surface area contributed by atoms with E-state index in [-0.39, 0.29) is 0 Å². The van der Waals surface area contributed by atoms with Crippen LogP contribution >= 0.6 is 23.5 Å². The number of thioether (sulfide) groups is 2. The first kappa shape index (κ1) is 19.4. The number of nitrogens with two attached hydrogens (primary N) is 1. The van der Waals surface area contributed by atoms with Crippen molar-refractivity contribution in [2.75, 3.05) is 50.8 Å². The summed E-state index contributed by atoms with van der Waals surface area (Å²) in [6, 6.07) is -0.704. The van der Waals surface area contributed by atoms with Gasteiger partial charge in [0.15, 0.2) is 0 Å². The zero-order valence-electron chi connectivity index (χ0n) is 10.8. The van der Waals surface area contributed by atoms with Crippen LogP contribution in [-0.2, 0) is 4.79 Å². The van der Waals surface area contributed by atoms with Crippen LogP contribution in [0.15, 0.2) is 0 Å². The number of hydrogen-bond acceptors (Lipinski definition) is 6. The Hall–Kier alpha value is 0.0500. The van der Waals surface area contributed by atoms with Gasteiger partial charge in [-0.2, -0.15) is 23.5 Å². The summed E-state index contributed by atoms with van der Waals surface area (Å²) < 4.78 is 0. The van der Waals surface area contributed by atoms with Crippen LogP contribution in [0.5, 0.6) is 0 Å². The van der Waals surface area contributed by atoms with E-state index in [0.29, 0.717) is 12.4 Å². The molecule has 1 atom stereocenters. The molecule has 0 bridgehead atoms. The van der Waals surface area contributed by atoms with E-state index in [1.54, 1.807) is 11.8 Å². The Morgan fingerprint density at radius 2 is 2.00 bits per heavy atom. The Kier molecular flexibility index (Phi) is 16.1. The van der Waals surface area contributed by atoms with Crippen molar-refractivity contribution in [2.24, 2.45) is 5.73 Å². The average Bonchev–Trinajstić information content (AvgIpc) is 2.25. The maximum absolute atomic E-state index is 9.95. The highest BCUT2D eigenvalue weighted by atomic mass is 32.2. The lowest BCUT2D eigenvalue weighted by Gasteiger charge is -2.07. The summed E-state index contributed by atoms with van der Waals surface area (Å²) in [5, 5.41) is 16.6. The normalized spacial score (nSPS) is 11.9. The third kappa shape index (κ3) is 18.6. The topological polar surface area (TPSA) is 86.8 Å². The Morgan fingerprint density at radius 3 is 2.29 bits per heavy atom. The Balaban J connectivity index is 0. The number of aliphatic carboxylic acids is 1. The van der Waals surface area contributed by atoms with E-state index in [2.05, 4.69) is 19.0 Å². The molecule has 1 unspecified atom stereocenters. The zero-order valence-corrected chi connectivity index (χ0v) is 12.4. The maximum Gasteiger partial charge on any atom is 0.321 e. The predicted molar refractivity (Wildman–Crippen MR) is 77.0 cm³/mol. The van der Waals surface area contributed by atoms with Gasteiger partial charge in [0.2, 0.25) is 0 Å². The number of nitrogens with zero attached hydrogens (tertiary/aromatic N) is 1. The molecule has 7 heteroatoms. The number of rotatable bonds is 8. The molecule has 0 rings (SSSR count). The van der Waals surface area contributed by atoms with E-state index in [1.807, 2.05) is 6.26 Å². The lowest BCUT2D eigenvalue weighted by atomic mass is 10.4. The van der Waals surface area contributed by atoms with Gasteiger partial charge >= 0.3 is 5.97 Å². The van der Waals surface area contributed by atoms with Crippen molar-refractivity contribution >= 4 is 29.5 Å². The third-order valence-corrected chi connectivity index (χ3v) is 3.22.